The highest BCUT2D eigenvalue weighted by molar-refractivity contribution is 5.60. The second kappa shape index (κ2) is 7.07. The summed E-state index contributed by atoms with van der Waals surface area (Å²) in [6.07, 6.45) is 5.52. The number of carbonyl (C=O) groups excluding carboxylic acids is 1. The van der Waals surface area contributed by atoms with Crippen molar-refractivity contribution < 1.29 is 19.1 Å². The highest BCUT2D eigenvalue weighted by atomic mass is 16.6. The SMILES string of the molecule is CCOC(=O)[N+]1(C2CCCC2)CC(N)CC(C(O)CC)C1. The van der Waals surface area contributed by atoms with Gasteiger partial charge in [-0.05, 0) is 32.6 Å². The van der Waals surface area contributed by atoms with Crippen molar-refractivity contribution in [2.45, 2.75) is 70.6 Å². The molecule has 4 atom stereocenters. The Morgan fingerprint density at radius 3 is 2.57 bits per heavy atom. The van der Waals surface area contributed by atoms with Gasteiger partial charge in [-0.25, -0.2) is 4.48 Å². The second-order valence-corrected chi connectivity index (χ2v) is 6.77. The van der Waals surface area contributed by atoms with E-state index in [1.165, 1.54) is 12.8 Å². The molecule has 4 unspecified atom stereocenters. The number of amides is 1. The smallest absolute Gasteiger partial charge is 0.420 e. The van der Waals surface area contributed by atoms with Crippen molar-refractivity contribution >= 4 is 6.09 Å². The van der Waals surface area contributed by atoms with Crippen LogP contribution in [0.25, 0.3) is 0 Å². The molecule has 0 aromatic rings. The van der Waals surface area contributed by atoms with Crippen molar-refractivity contribution in [3.63, 3.8) is 0 Å². The number of piperidine rings is 1. The lowest BCUT2D eigenvalue weighted by Crippen LogP contribution is -2.68. The molecular formula is C16H31N2O3+. The number of nitrogens with zero attached hydrogens (tertiary/aromatic N) is 1. The standard InChI is InChI=1S/C16H31N2O3/c1-3-15(19)12-9-13(17)11-18(10-12,16(20)21-4-2)14-7-5-6-8-14/h12-15,19H,3-11,17H2,1-2H3/q+1. The minimum absolute atomic E-state index is 0.0324. The molecule has 0 aromatic carbocycles. The predicted molar refractivity (Wildman–Crippen MR) is 81.7 cm³/mol. The van der Waals surface area contributed by atoms with Gasteiger partial charge in [-0.2, -0.15) is 4.79 Å². The van der Waals surface area contributed by atoms with Gasteiger partial charge in [-0.3, -0.25) is 0 Å². The van der Waals surface area contributed by atoms with Crippen molar-refractivity contribution in [2.24, 2.45) is 11.7 Å². The average molecular weight is 299 g/mol. The fourth-order valence-electron chi connectivity index (χ4n) is 4.31. The van der Waals surface area contributed by atoms with Gasteiger partial charge in [0.2, 0.25) is 0 Å². The first kappa shape index (κ1) is 16.7. The van der Waals surface area contributed by atoms with E-state index in [0.717, 1.165) is 19.3 Å². The van der Waals surface area contributed by atoms with Crippen LogP contribution in [0.4, 0.5) is 4.79 Å². The summed E-state index contributed by atoms with van der Waals surface area (Å²) in [4.78, 5) is 12.7. The molecule has 2 aliphatic rings. The van der Waals surface area contributed by atoms with Crippen molar-refractivity contribution in [3.05, 3.63) is 0 Å². The summed E-state index contributed by atoms with van der Waals surface area (Å²) in [6, 6.07) is 0.289. The molecule has 1 amide bonds. The van der Waals surface area contributed by atoms with Crippen LogP contribution >= 0.6 is 0 Å². The summed E-state index contributed by atoms with van der Waals surface area (Å²) in [5.41, 5.74) is 6.26. The minimum atomic E-state index is -0.371. The molecule has 1 saturated heterocycles. The van der Waals surface area contributed by atoms with Gasteiger partial charge in [-0.15, -0.1) is 0 Å². The Bertz CT molecular complexity index is 357. The van der Waals surface area contributed by atoms with Crippen LogP contribution in [0.15, 0.2) is 0 Å². The molecule has 1 saturated carbocycles. The minimum Gasteiger partial charge on any atom is -0.420 e. The number of aliphatic hydroxyl groups excluding tert-OH is 1. The fourth-order valence-corrected chi connectivity index (χ4v) is 4.31. The molecule has 21 heavy (non-hydrogen) atoms. The molecule has 2 fully saturated rings. The number of likely N-dealkylation sites (tertiary alicyclic amines) is 1. The summed E-state index contributed by atoms with van der Waals surface area (Å²) in [6.45, 7) is 5.59. The molecule has 1 heterocycles. The first-order valence-corrected chi connectivity index (χ1v) is 8.51. The summed E-state index contributed by atoms with van der Waals surface area (Å²) >= 11 is 0. The molecule has 122 valence electrons. The lowest BCUT2D eigenvalue weighted by atomic mass is 9.86. The van der Waals surface area contributed by atoms with Crippen LogP contribution in [0.5, 0.6) is 0 Å². The maximum absolute atomic E-state index is 12.7. The van der Waals surface area contributed by atoms with E-state index in [-0.39, 0.29) is 24.2 Å². The van der Waals surface area contributed by atoms with Crippen molar-refractivity contribution in [1.29, 1.82) is 0 Å². The Kier molecular flexibility index (Phi) is 5.63. The van der Waals surface area contributed by atoms with Gasteiger partial charge in [0.25, 0.3) is 0 Å². The van der Waals surface area contributed by atoms with E-state index in [2.05, 4.69) is 0 Å². The van der Waals surface area contributed by atoms with Gasteiger partial charge in [0.1, 0.15) is 6.54 Å². The maximum atomic E-state index is 12.7. The van der Waals surface area contributed by atoms with Crippen LogP contribution in [0.2, 0.25) is 0 Å². The maximum Gasteiger partial charge on any atom is 0.516 e. The van der Waals surface area contributed by atoms with E-state index >= 15 is 0 Å². The Morgan fingerprint density at radius 1 is 1.33 bits per heavy atom. The number of rotatable bonds is 4. The fraction of sp³-hybridized carbons (Fsp3) is 0.938. The monoisotopic (exact) mass is 299 g/mol. The third-order valence-electron chi connectivity index (χ3n) is 5.34. The molecule has 5 nitrogen and oxygen atoms in total. The third-order valence-corrected chi connectivity index (χ3v) is 5.34. The zero-order valence-corrected chi connectivity index (χ0v) is 13.5. The van der Waals surface area contributed by atoms with Gasteiger partial charge < -0.3 is 15.6 Å². The topological polar surface area (TPSA) is 72.5 Å². The number of quaternary nitrogens is 1. The highest BCUT2D eigenvalue weighted by Crippen LogP contribution is 2.36. The van der Waals surface area contributed by atoms with E-state index in [0.29, 0.717) is 36.6 Å². The number of carbonyl (C=O) groups is 1. The Morgan fingerprint density at radius 2 is 2.00 bits per heavy atom. The normalized spacial score (nSPS) is 35.6. The first-order chi connectivity index (χ1) is 10.0. The van der Waals surface area contributed by atoms with Crippen LogP contribution in [0.3, 0.4) is 0 Å². The Balaban J connectivity index is 2.26. The van der Waals surface area contributed by atoms with Crippen LogP contribution in [-0.4, -0.2) is 53.6 Å². The number of aliphatic hydroxyl groups is 1. The zero-order chi connectivity index (χ0) is 15.5. The summed E-state index contributed by atoms with van der Waals surface area (Å²) in [5, 5.41) is 10.3. The summed E-state index contributed by atoms with van der Waals surface area (Å²) in [5.74, 6) is 0.101. The van der Waals surface area contributed by atoms with Gasteiger partial charge in [-0.1, -0.05) is 6.92 Å². The van der Waals surface area contributed by atoms with Gasteiger partial charge in [0.15, 0.2) is 0 Å². The van der Waals surface area contributed by atoms with E-state index < -0.39 is 0 Å². The van der Waals surface area contributed by atoms with Crippen LogP contribution in [0, 0.1) is 5.92 Å². The van der Waals surface area contributed by atoms with Crippen LogP contribution < -0.4 is 5.73 Å². The molecule has 1 aliphatic carbocycles. The molecule has 3 N–H and O–H groups in total. The molecule has 1 aliphatic heterocycles. The van der Waals surface area contributed by atoms with E-state index in [4.69, 9.17) is 10.5 Å². The van der Waals surface area contributed by atoms with E-state index in [9.17, 15) is 9.90 Å². The zero-order valence-electron chi connectivity index (χ0n) is 13.5. The highest BCUT2D eigenvalue weighted by Gasteiger charge is 2.52. The first-order valence-electron chi connectivity index (χ1n) is 8.51. The van der Waals surface area contributed by atoms with E-state index in [1.807, 2.05) is 13.8 Å². The Hall–Kier alpha value is -0.650. The summed E-state index contributed by atoms with van der Waals surface area (Å²) in [7, 11) is 0. The molecule has 0 spiro atoms. The Labute approximate surface area is 128 Å². The lowest BCUT2D eigenvalue weighted by molar-refractivity contribution is -0.892. The van der Waals surface area contributed by atoms with Crippen LogP contribution in [0.1, 0.15) is 52.4 Å². The number of hydrogen-bond acceptors (Lipinski definition) is 4. The van der Waals surface area contributed by atoms with Crippen molar-refractivity contribution in [1.82, 2.24) is 0 Å². The molecule has 0 bridgehead atoms. The molecule has 0 radical (unpaired) electrons. The predicted octanol–water partition coefficient (Wildman–Crippen LogP) is 2.02. The lowest BCUT2D eigenvalue weighted by Gasteiger charge is -2.47. The van der Waals surface area contributed by atoms with Gasteiger partial charge in [0.05, 0.1) is 31.3 Å². The number of nitrogens with two attached hydrogens (primary N) is 1. The van der Waals surface area contributed by atoms with Crippen LogP contribution in [-0.2, 0) is 4.74 Å². The number of hydrogen-bond donors (Lipinski definition) is 2. The largest absolute Gasteiger partial charge is 0.516 e. The van der Waals surface area contributed by atoms with Crippen molar-refractivity contribution in [2.75, 3.05) is 19.7 Å². The molecule has 2 rings (SSSR count). The van der Waals surface area contributed by atoms with Gasteiger partial charge in [0, 0.05) is 18.8 Å². The number of ether oxygens (including phenoxy) is 1. The molecule has 0 aromatic heterocycles. The molecule has 5 heteroatoms. The second-order valence-electron chi connectivity index (χ2n) is 6.77. The quantitative estimate of drug-likeness (QED) is 0.779. The molecular weight excluding hydrogens is 268 g/mol. The summed E-state index contributed by atoms with van der Waals surface area (Å²) < 4.78 is 5.75. The van der Waals surface area contributed by atoms with Gasteiger partial charge >= 0.3 is 6.09 Å². The average Bonchev–Trinajstić information content (AvgIpc) is 3.00. The van der Waals surface area contributed by atoms with Crippen molar-refractivity contribution in [3.8, 4) is 0 Å². The third kappa shape index (κ3) is 3.41. The van der Waals surface area contributed by atoms with E-state index in [1.54, 1.807) is 0 Å².